The van der Waals surface area contributed by atoms with Crippen LogP contribution < -0.4 is 5.32 Å². The lowest BCUT2D eigenvalue weighted by Crippen LogP contribution is -2.16. The molecule has 2 nitrogen and oxygen atoms in total. The first-order valence-electron chi connectivity index (χ1n) is 5.45. The lowest BCUT2D eigenvalue weighted by Gasteiger charge is -2.05. The zero-order chi connectivity index (χ0) is 11.6. The Labute approximate surface area is 102 Å². The molecule has 0 aliphatic rings. The molecule has 0 spiro atoms. The molecule has 88 valence electrons. The third-order valence-corrected chi connectivity index (χ3v) is 3.16. The number of aliphatic hydroxyl groups is 1. The number of rotatable bonds is 8. The highest BCUT2D eigenvalue weighted by Crippen LogP contribution is 2.04. The van der Waals surface area contributed by atoms with E-state index in [0.29, 0.717) is 0 Å². The van der Waals surface area contributed by atoms with Crippen LogP contribution in [0.15, 0.2) is 36.9 Å². The van der Waals surface area contributed by atoms with E-state index in [1.807, 2.05) is 30.0 Å². The summed E-state index contributed by atoms with van der Waals surface area (Å²) in [5.74, 6) is 2.13. The van der Waals surface area contributed by atoms with Crippen molar-refractivity contribution in [1.82, 2.24) is 5.32 Å². The minimum atomic E-state index is 0.117. The van der Waals surface area contributed by atoms with Crippen LogP contribution in [0, 0.1) is 0 Å². The van der Waals surface area contributed by atoms with E-state index in [4.69, 9.17) is 5.11 Å². The maximum atomic E-state index is 8.90. The molecule has 0 fully saturated rings. The van der Waals surface area contributed by atoms with Crippen LogP contribution in [0.1, 0.15) is 11.1 Å². The van der Waals surface area contributed by atoms with Crippen molar-refractivity contribution < 1.29 is 5.11 Å². The minimum absolute atomic E-state index is 0.117. The molecule has 0 radical (unpaired) electrons. The average molecular weight is 237 g/mol. The molecule has 3 heteroatoms. The molecule has 0 unspecified atom stereocenters. The van der Waals surface area contributed by atoms with Gasteiger partial charge in [0, 0.05) is 24.6 Å². The van der Waals surface area contributed by atoms with E-state index in [-0.39, 0.29) is 6.61 Å². The van der Waals surface area contributed by atoms with Crippen molar-refractivity contribution >= 4 is 11.8 Å². The van der Waals surface area contributed by atoms with Crippen molar-refractivity contribution in [3.63, 3.8) is 0 Å². The fourth-order valence-electron chi connectivity index (χ4n) is 1.31. The van der Waals surface area contributed by atoms with Crippen molar-refractivity contribution in [2.24, 2.45) is 0 Å². The maximum Gasteiger partial charge on any atom is 0.0681 e. The van der Waals surface area contributed by atoms with E-state index < -0.39 is 0 Å². The first-order chi connectivity index (χ1) is 7.86. The van der Waals surface area contributed by atoms with Crippen LogP contribution in [0.5, 0.6) is 0 Å². The summed E-state index contributed by atoms with van der Waals surface area (Å²) in [6.45, 7) is 5.70. The van der Waals surface area contributed by atoms with Gasteiger partial charge in [0.2, 0.25) is 0 Å². The molecule has 0 aliphatic heterocycles. The first-order valence-corrected chi connectivity index (χ1v) is 6.60. The summed E-state index contributed by atoms with van der Waals surface area (Å²) < 4.78 is 0. The van der Waals surface area contributed by atoms with Crippen molar-refractivity contribution in [3.05, 3.63) is 48.0 Å². The largest absolute Gasteiger partial charge is 0.392 e. The first kappa shape index (κ1) is 13.3. The fraction of sp³-hybridized carbons (Fsp3) is 0.385. The van der Waals surface area contributed by atoms with Crippen molar-refractivity contribution in [1.29, 1.82) is 0 Å². The summed E-state index contributed by atoms with van der Waals surface area (Å²) in [6, 6.07) is 8.03. The standard InChI is InChI=1S/C13H19NOS/c1-2-8-16-9-7-14-10-12-3-5-13(11-15)6-4-12/h2-6,14-15H,1,7-11H2. The van der Waals surface area contributed by atoms with Crippen molar-refractivity contribution in [2.75, 3.05) is 18.1 Å². The van der Waals surface area contributed by atoms with Gasteiger partial charge in [-0.2, -0.15) is 11.8 Å². The van der Waals surface area contributed by atoms with Gasteiger partial charge in [-0.15, -0.1) is 6.58 Å². The van der Waals surface area contributed by atoms with E-state index >= 15 is 0 Å². The Morgan fingerprint density at radius 2 is 1.94 bits per heavy atom. The number of hydrogen-bond acceptors (Lipinski definition) is 3. The topological polar surface area (TPSA) is 32.3 Å². The second-order valence-electron chi connectivity index (χ2n) is 3.51. The molecule has 0 heterocycles. The quantitative estimate of drug-likeness (QED) is 0.537. The normalized spacial score (nSPS) is 10.3. The lowest BCUT2D eigenvalue weighted by molar-refractivity contribution is 0.282. The second kappa shape index (κ2) is 8.39. The van der Waals surface area contributed by atoms with Gasteiger partial charge >= 0.3 is 0 Å². The van der Waals surface area contributed by atoms with Gasteiger partial charge in [0.15, 0.2) is 0 Å². The third-order valence-electron chi connectivity index (χ3n) is 2.19. The van der Waals surface area contributed by atoms with Gasteiger partial charge < -0.3 is 10.4 Å². The average Bonchev–Trinajstić information content (AvgIpc) is 2.34. The van der Waals surface area contributed by atoms with Gasteiger partial charge in [-0.1, -0.05) is 30.3 Å². The van der Waals surface area contributed by atoms with Gasteiger partial charge in [-0.3, -0.25) is 0 Å². The lowest BCUT2D eigenvalue weighted by atomic mass is 10.1. The zero-order valence-corrected chi connectivity index (χ0v) is 10.3. The van der Waals surface area contributed by atoms with Crippen LogP contribution in [0.25, 0.3) is 0 Å². The monoisotopic (exact) mass is 237 g/mol. The molecule has 0 amide bonds. The minimum Gasteiger partial charge on any atom is -0.392 e. The number of thioether (sulfide) groups is 1. The van der Waals surface area contributed by atoms with Gasteiger partial charge in [-0.05, 0) is 11.1 Å². The van der Waals surface area contributed by atoms with E-state index in [1.165, 1.54) is 5.56 Å². The highest BCUT2D eigenvalue weighted by atomic mass is 32.2. The molecular formula is C13H19NOS. The van der Waals surface area contributed by atoms with Crippen molar-refractivity contribution in [3.8, 4) is 0 Å². The summed E-state index contributed by atoms with van der Waals surface area (Å²) in [6.07, 6.45) is 1.93. The van der Waals surface area contributed by atoms with Crippen LogP contribution in [0.2, 0.25) is 0 Å². The SMILES string of the molecule is C=CCSCCNCc1ccc(CO)cc1. The summed E-state index contributed by atoms with van der Waals surface area (Å²) in [4.78, 5) is 0. The summed E-state index contributed by atoms with van der Waals surface area (Å²) in [5, 5.41) is 12.3. The molecule has 1 rings (SSSR count). The highest BCUT2D eigenvalue weighted by molar-refractivity contribution is 7.99. The summed E-state index contributed by atoms with van der Waals surface area (Å²) in [7, 11) is 0. The van der Waals surface area contributed by atoms with Crippen molar-refractivity contribution in [2.45, 2.75) is 13.2 Å². The Balaban J connectivity index is 2.14. The molecule has 0 saturated heterocycles. The molecule has 0 aliphatic carbocycles. The van der Waals surface area contributed by atoms with E-state index in [0.717, 1.165) is 30.2 Å². The van der Waals surface area contributed by atoms with Gasteiger partial charge in [-0.25, -0.2) is 0 Å². The molecule has 0 bridgehead atoms. The number of aliphatic hydroxyl groups excluding tert-OH is 1. The number of hydrogen-bond donors (Lipinski definition) is 2. The van der Waals surface area contributed by atoms with Gasteiger partial charge in [0.1, 0.15) is 0 Å². The van der Waals surface area contributed by atoms with Crippen LogP contribution in [0.4, 0.5) is 0 Å². The molecule has 0 atom stereocenters. The molecule has 0 saturated carbocycles. The molecule has 1 aromatic carbocycles. The Bertz CT molecular complexity index is 297. The molecule has 1 aromatic rings. The zero-order valence-electron chi connectivity index (χ0n) is 9.48. The maximum absolute atomic E-state index is 8.90. The van der Waals surface area contributed by atoms with Crippen LogP contribution in [-0.4, -0.2) is 23.2 Å². The van der Waals surface area contributed by atoms with Crippen LogP contribution >= 0.6 is 11.8 Å². The molecule has 2 N–H and O–H groups in total. The number of benzene rings is 1. The predicted molar refractivity (Wildman–Crippen MR) is 71.6 cm³/mol. The van der Waals surface area contributed by atoms with Crippen LogP contribution in [0.3, 0.4) is 0 Å². The van der Waals surface area contributed by atoms with Gasteiger partial charge in [0.05, 0.1) is 6.61 Å². The number of nitrogens with one attached hydrogen (secondary N) is 1. The summed E-state index contributed by atoms with van der Waals surface area (Å²) >= 11 is 1.88. The second-order valence-corrected chi connectivity index (χ2v) is 4.66. The van der Waals surface area contributed by atoms with Gasteiger partial charge in [0.25, 0.3) is 0 Å². The Morgan fingerprint density at radius 1 is 1.25 bits per heavy atom. The highest BCUT2D eigenvalue weighted by Gasteiger charge is 1.93. The van der Waals surface area contributed by atoms with E-state index in [9.17, 15) is 0 Å². The molecule has 16 heavy (non-hydrogen) atoms. The molecular weight excluding hydrogens is 218 g/mol. The van der Waals surface area contributed by atoms with E-state index in [1.54, 1.807) is 0 Å². The summed E-state index contributed by atoms with van der Waals surface area (Å²) in [5.41, 5.74) is 2.22. The third kappa shape index (κ3) is 5.35. The van der Waals surface area contributed by atoms with Crippen LogP contribution in [-0.2, 0) is 13.2 Å². The van der Waals surface area contributed by atoms with E-state index in [2.05, 4.69) is 24.0 Å². The fourth-order valence-corrected chi connectivity index (χ4v) is 1.93. The Morgan fingerprint density at radius 3 is 2.56 bits per heavy atom. The Kier molecular flexibility index (Phi) is 6.97. The smallest absolute Gasteiger partial charge is 0.0681 e. The Hall–Kier alpha value is -0.770. The predicted octanol–water partition coefficient (Wildman–Crippen LogP) is 2.19. The molecule has 0 aromatic heterocycles.